The first-order valence-corrected chi connectivity index (χ1v) is 9.52. The number of nitrogens with one attached hydrogen (secondary N) is 2. The number of hydrogen-bond acceptors (Lipinski definition) is 5. The molecule has 2 rings (SSSR count). The third kappa shape index (κ3) is 7.69. The first kappa shape index (κ1) is 22.0. The zero-order valence-corrected chi connectivity index (χ0v) is 16.8. The van der Waals surface area contributed by atoms with Gasteiger partial charge in [0.25, 0.3) is 0 Å². The van der Waals surface area contributed by atoms with E-state index < -0.39 is 5.91 Å². The smallest absolute Gasteiger partial charge is 0.243 e. The van der Waals surface area contributed by atoms with Gasteiger partial charge in [-0.3, -0.25) is 14.4 Å². The van der Waals surface area contributed by atoms with E-state index in [1.807, 2.05) is 6.92 Å². The summed E-state index contributed by atoms with van der Waals surface area (Å²) in [7, 11) is 1.56. The van der Waals surface area contributed by atoms with Gasteiger partial charge in [-0.15, -0.1) is 0 Å². The Kier molecular flexibility index (Phi) is 8.75. The maximum atomic E-state index is 12.4. The molecule has 2 N–H and O–H groups in total. The highest BCUT2D eigenvalue weighted by atomic mass is 16.5. The summed E-state index contributed by atoms with van der Waals surface area (Å²) in [6.07, 6.45) is 3.52. The number of furan rings is 1. The average molecular weight is 401 g/mol. The Hall–Kier alpha value is -3.29. The van der Waals surface area contributed by atoms with Crippen molar-refractivity contribution >= 4 is 23.4 Å². The third-order valence-electron chi connectivity index (χ3n) is 4.18. The molecule has 0 fully saturated rings. The van der Waals surface area contributed by atoms with Crippen LogP contribution < -0.4 is 15.4 Å². The minimum atomic E-state index is -0.411. The Labute approximate surface area is 170 Å². The fourth-order valence-electron chi connectivity index (χ4n) is 2.60. The molecule has 3 amide bonds. The van der Waals surface area contributed by atoms with Gasteiger partial charge in [-0.1, -0.05) is 13.3 Å². The summed E-state index contributed by atoms with van der Waals surface area (Å²) in [5.41, 5.74) is 0.597. The van der Waals surface area contributed by atoms with Crippen LogP contribution in [-0.2, 0) is 20.9 Å². The second-order valence-electron chi connectivity index (χ2n) is 6.49. The molecule has 8 heteroatoms. The van der Waals surface area contributed by atoms with Crippen molar-refractivity contribution in [3.05, 3.63) is 48.4 Å². The fraction of sp³-hybridized carbons (Fsp3) is 0.381. The molecule has 156 valence electrons. The van der Waals surface area contributed by atoms with E-state index in [1.165, 1.54) is 11.2 Å². The van der Waals surface area contributed by atoms with E-state index in [0.29, 0.717) is 23.6 Å². The van der Waals surface area contributed by atoms with E-state index >= 15 is 0 Å². The van der Waals surface area contributed by atoms with Gasteiger partial charge < -0.3 is 24.7 Å². The zero-order chi connectivity index (χ0) is 21.1. The van der Waals surface area contributed by atoms with Gasteiger partial charge in [-0.25, -0.2) is 0 Å². The van der Waals surface area contributed by atoms with Gasteiger partial charge in [-0.05, 0) is 42.8 Å². The zero-order valence-electron chi connectivity index (χ0n) is 16.8. The molecular weight excluding hydrogens is 374 g/mol. The lowest BCUT2D eigenvalue weighted by Gasteiger charge is -2.21. The number of benzene rings is 1. The molecule has 0 radical (unpaired) electrons. The molecule has 0 spiro atoms. The largest absolute Gasteiger partial charge is 0.497 e. The topological polar surface area (TPSA) is 101 Å². The minimum Gasteiger partial charge on any atom is -0.497 e. The Bertz CT molecular complexity index is 787. The standard InChI is InChI=1S/C21H27N3O5/c1-3-4-7-21(27)24(14-18-6-5-12-29-18)15-20(26)22-13-19(25)23-16-8-10-17(28-2)11-9-16/h5-6,8-12H,3-4,7,13-15H2,1-2H3,(H,22,26)(H,23,25). The van der Waals surface area contributed by atoms with E-state index in [-0.39, 0.29) is 31.4 Å². The van der Waals surface area contributed by atoms with E-state index in [4.69, 9.17) is 9.15 Å². The highest BCUT2D eigenvalue weighted by Gasteiger charge is 2.18. The van der Waals surface area contributed by atoms with Gasteiger partial charge in [0.1, 0.15) is 18.1 Å². The number of methoxy groups -OCH3 is 1. The van der Waals surface area contributed by atoms with Crippen molar-refractivity contribution in [2.45, 2.75) is 32.7 Å². The number of nitrogens with zero attached hydrogens (tertiary/aromatic N) is 1. The maximum Gasteiger partial charge on any atom is 0.243 e. The molecule has 0 bridgehead atoms. The molecule has 0 unspecified atom stereocenters. The fourth-order valence-corrected chi connectivity index (χ4v) is 2.60. The molecule has 0 atom stereocenters. The van der Waals surface area contributed by atoms with Crippen LogP contribution in [0.15, 0.2) is 47.1 Å². The highest BCUT2D eigenvalue weighted by Crippen LogP contribution is 2.14. The molecule has 0 aliphatic heterocycles. The molecule has 0 aliphatic rings. The third-order valence-corrected chi connectivity index (χ3v) is 4.18. The predicted molar refractivity (Wildman–Crippen MR) is 108 cm³/mol. The van der Waals surface area contributed by atoms with Crippen LogP contribution in [0.2, 0.25) is 0 Å². The molecule has 0 saturated heterocycles. The normalized spacial score (nSPS) is 10.3. The molecule has 29 heavy (non-hydrogen) atoms. The minimum absolute atomic E-state index is 0.124. The quantitative estimate of drug-likeness (QED) is 0.603. The van der Waals surface area contributed by atoms with Gasteiger partial charge >= 0.3 is 0 Å². The predicted octanol–water partition coefficient (Wildman–Crippen LogP) is 2.56. The Morgan fingerprint density at radius 3 is 2.48 bits per heavy atom. The number of unbranched alkanes of at least 4 members (excludes halogenated alkanes) is 1. The number of carbonyl (C=O) groups is 3. The van der Waals surface area contributed by atoms with E-state index in [9.17, 15) is 14.4 Å². The molecule has 1 heterocycles. The van der Waals surface area contributed by atoms with Crippen LogP contribution in [0.25, 0.3) is 0 Å². The Balaban J connectivity index is 1.84. The first-order chi connectivity index (χ1) is 14.0. The van der Waals surface area contributed by atoms with Gasteiger partial charge in [0.15, 0.2) is 0 Å². The van der Waals surface area contributed by atoms with Crippen molar-refractivity contribution in [3.63, 3.8) is 0 Å². The van der Waals surface area contributed by atoms with Gasteiger partial charge in [0.2, 0.25) is 17.7 Å². The van der Waals surface area contributed by atoms with Crippen LogP contribution in [-0.4, -0.2) is 42.8 Å². The van der Waals surface area contributed by atoms with Crippen molar-refractivity contribution in [2.75, 3.05) is 25.5 Å². The monoisotopic (exact) mass is 401 g/mol. The summed E-state index contributed by atoms with van der Waals surface area (Å²) >= 11 is 0. The SMILES string of the molecule is CCCCC(=O)N(CC(=O)NCC(=O)Nc1ccc(OC)cc1)Cc1ccco1. The van der Waals surface area contributed by atoms with Crippen molar-refractivity contribution in [1.82, 2.24) is 10.2 Å². The summed E-state index contributed by atoms with van der Waals surface area (Å²) in [6, 6.07) is 10.3. The number of rotatable bonds is 11. The number of amides is 3. The Morgan fingerprint density at radius 1 is 1.10 bits per heavy atom. The van der Waals surface area contributed by atoms with Crippen molar-refractivity contribution < 1.29 is 23.5 Å². The average Bonchev–Trinajstić information content (AvgIpc) is 3.23. The van der Waals surface area contributed by atoms with Crippen LogP contribution in [0.4, 0.5) is 5.69 Å². The lowest BCUT2D eigenvalue weighted by Crippen LogP contribution is -2.42. The molecule has 2 aromatic rings. The van der Waals surface area contributed by atoms with Crippen LogP contribution in [0.1, 0.15) is 31.9 Å². The number of ether oxygens (including phenoxy) is 1. The second kappa shape index (κ2) is 11.5. The summed E-state index contributed by atoms with van der Waals surface area (Å²) in [6.45, 7) is 1.88. The number of hydrogen-bond donors (Lipinski definition) is 2. The molecule has 1 aromatic carbocycles. The van der Waals surface area contributed by atoms with Crippen molar-refractivity contribution in [3.8, 4) is 5.75 Å². The second-order valence-corrected chi connectivity index (χ2v) is 6.49. The molecular formula is C21H27N3O5. The van der Waals surface area contributed by atoms with Crippen LogP contribution >= 0.6 is 0 Å². The summed E-state index contributed by atoms with van der Waals surface area (Å²) < 4.78 is 10.3. The number of anilines is 1. The summed E-state index contributed by atoms with van der Waals surface area (Å²) in [5, 5.41) is 5.23. The van der Waals surface area contributed by atoms with Gasteiger partial charge in [-0.2, -0.15) is 0 Å². The van der Waals surface area contributed by atoms with E-state index in [2.05, 4.69) is 10.6 Å². The van der Waals surface area contributed by atoms with Gasteiger partial charge in [0.05, 0.1) is 26.5 Å². The maximum absolute atomic E-state index is 12.4. The van der Waals surface area contributed by atoms with E-state index in [0.717, 1.165) is 12.8 Å². The lowest BCUT2D eigenvalue weighted by molar-refractivity contribution is -0.137. The van der Waals surface area contributed by atoms with Crippen LogP contribution in [0, 0.1) is 0 Å². The van der Waals surface area contributed by atoms with Crippen LogP contribution in [0.5, 0.6) is 5.75 Å². The van der Waals surface area contributed by atoms with Crippen molar-refractivity contribution in [2.24, 2.45) is 0 Å². The molecule has 0 saturated carbocycles. The molecule has 0 aliphatic carbocycles. The molecule has 8 nitrogen and oxygen atoms in total. The van der Waals surface area contributed by atoms with E-state index in [1.54, 1.807) is 43.5 Å². The van der Waals surface area contributed by atoms with Crippen molar-refractivity contribution in [1.29, 1.82) is 0 Å². The summed E-state index contributed by atoms with van der Waals surface area (Å²) in [4.78, 5) is 38.2. The first-order valence-electron chi connectivity index (χ1n) is 9.52. The highest BCUT2D eigenvalue weighted by molar-refractivity contribution is 5.95. The lowest BCUT2D eigenvalue weighted by atomic mass is 10.2. The number of carbonyl (C=O) groups excluding carboxylic acids is 3. The van der Waals surface area contributed by atoms with Gasteiger partial charge in [0, 0.05) is 12.1 Å². The Morgan fingerprint density at radius 2 is 1.86 bits per heavy atom. The molecule has 1 aromatic heterocycles. The van der Waals surface area contributed by atoms with Crippen LogP contribution in [0.3, 0.4) is 0 Å². The summed E-state index contributed by atoms with van der Waals surface area (Å²) in [5.74, 6) is 0.381.